The molecule has 0 radical (unpaired) electrons. The van der Waals surface area contributed by atoms with Gasteiger partial charge < -0.3 is 14.8 Å². The van der Waals surface area contributed by atoms with Crippen LogP contribution in [0.25, 0.3) is 0 Å². The first-order valence-corrected chi connectivity index (χ1v) is 9.01. The van der Waals surface area contributed by atoms with Crippen LogP contribution < -0.4 is 5.32 Å². The molecule has 2 saturated carbocycles. The lowest BCUT2D eigenvalue weighted by molar-refractivity contribution is 0.0666. The van der Waals surface area contributed by atoms with Crippen LogP contribution in [-0.4, -0.2) is 21.4 Å². The average molecular weight is 321 g/mol. The Labute approximate surface area is 142 Å². The van der Waals surface area contributed by atoms with Crippen molar-refractivity contribution in [1.82, 2.24) is 9.47 Å². The smallest absolute Gasteiger partial charge is 0.258 e. The number of carbonyl (C=O) groups excluding carboxylic acids is 1. The number of amides is 1. The standard InChI is InChI=1S/C20H23N3O/c1-12-11-17(13(2)22(12)14-7-8-14)19-21-18-6-4-3-5-16(18)20(24)23(19)15-9-10-15/h3-6,11,14-15,19,21H,7-10H2,1-2H3/t19-/m1/s1. The summed E-state index contributed by atoms with van der Waals surface area (Å²) in [5.41, 5.74) is 5.64. The van der Waals surface area contributed by atoms with Crippen LogP contribution in [0.3, 0.4) is 0 Å². The second-order valence-electron chi connectivity index (χ2n) is 7.46. The Morgan fingerprint density at radius 3 is 2.46 bits per heavy atom. The van der Waals surface area contributed by atoms with Crippen LogP contribution in [0.5, 0.6) is 0 Å². The fourth-order valence-corrected chi connectivity index (χ4v) is 4.20. The molecule has 1 N–H and O–H groups in total. The van der Waals surface area contributed by atoms with Crippen molar-refractivity contribution < 1.29 is 4.79 Å². The van der Waals surface area contributed by atoms with Crippen LogP contribution in [0.15, 0.2) is 30.3 Å². The summed E-state index contributed by atoms with van der Waals surface area (Å²) in [6.45, 7) is 4.40. The molecule has 4 nitrogen and oxygen atoms in total. The van der Waals surface area contributed by atoms with Gasteiger partial charge in [0.25, 0.3) is 5.91 Å². The molecule has 2 fully saturated rings. The number of aryl methyl sites for hydroxylation is 1. The minimum absolute atomic E-state index is 0.0430. The van der Waals surface area contributed by atoms with Gasteiger partial charge in [-0.3, -0.25) is 4.79 Å². The van der Waals surface area contributed by atoms with Crippen molar-refractivity contribution >= 4 is 11.6 Å². The quantitative estimate of drug-likeness (QED) is 0.921. The fraction of sp³-hybridized carbons (Fsp3) is 0.450. The van der Waals surface area contributed by atoms with Gasteiger partial charge in [-0.25, -0.2) is 0 Å². The van der Waals surface area contributed by atoms with Crippen LogP contribution >= 0.6 is 0 Å². The van der Waals surface area contributed by atoms with E-state index in [0.29, 0.717) is 12.1 Å². The Balaban J connectivity index is 1.62. The molecule has 4 heteroatoms. The Bertz CT molecular complexity index is 829. The topological polar surface area (TPSA) is 37.3 Å². The molecule has 1 aromatic heterocycles. The fourth-order valence-electron chi connectivity index (χ4n) is 4.20. The Morgan fingerprint density at radius 2 is 1.75 bits per heavy atom. The number of carbonyl (C=O) groups is 1. The second-order valence-corrected chi connectivity index (χ2v) is 7.46. The summed E-state index contributed by atoms with van der Waals surface area (Å²) < 4.78 is 2.47. The van der Waals surface area contributed by atoms with Crippen molar-refractivity contribution in [3.8, 4) is 0 Å². The van der Waals surface area contributed by atoms with E-state index in [9.17, 15) is 4.79 Å². The molecule has 1 amide bonds. The lowest BCUT2D eigenvalue weighted by atomic mass is 10.0. The molecule has 5 rings (SSSR count). The highest BCUT2D eigenvalue weighted by atomic mass is 16.2. The third kappa shape index (κ3) is 2.02. The number of benzene rings is 1. The lowest BCUT2D eigenvalue weighted by Crippen LogP contribution is -2.44. The molecule has 0 saturated heterocycles. The molecule has 2 aliphatic carbocycles. The minimum Gasteiger partial charge on any atom is -0.361 e. The lowest BCUT2D eigenvalue weighted by Gasteiger charge is -2.38. The molecular formula is C20H23N3O. The van der Waals surface area contributed by atoms with Gasteiger partial charge in [0.15, 0.2) is 0 Å². The molecule has 3 aliphatic rings. The minimum atomic E-state index is -0.0430. The SMILES string of the molecule is Cc1cc([C@@H]2Nc3ccccc3C(=O)N2C2CC2)c(C)n1C1CC1. The van der Waals surface area contributed by atoms with E-state index < -0.39 is 0 Å². The van der Waals surface area contributed by atoms with Gasteiger partial charge in [0.05, 0.1) is 5.56 Å². The molecule has 2 aromatic rings. The zero-order valence-corrected chi connectivity index (χ0v) is 14.2. The van der Waals surface area contributed by atoms with E-state index in [1.54, 1.807) is 0 Å². The highest BCUT2D eigenvalue weighted by molar-refractivity contribution is 6.02. The van der Waals surface area contributed by atoms with Crippen molar-refractivity contribution in [3.63, 3.8) is 0 Å². The monoisotopic (exact) mass is 321 g/mol. The Kier molecular flexibility index (Phi) is 2.88. The first-order valence-electron chi connectivity index (χ1n) is 9.01. The summed E-state index contributed by atoms with van der Waals surface area (Å²) >= 11 is 0. The van der Waals surface area contributed by atoms with Gasteiger partial charge in [-0.2, -0.15) is 0 Å². The maximum atomic E-state index is 13.1. The van der Waals surface area contributed by atoms with Gasteiger partial charge in [-0.15, -0.1) is 0 Å². The van der Waals surface area contributed by atoms with Crippen molar-refractivity contribution in [2.45, 2.75) is 57.8 Å². The van der Waals surface area contributed by atoms with Crippen molar-refractivity contribution in [2.75, 3.05) is 5.32 Å². The highest BCUT2D eigenvalue weighted by Crippen LogP contribution is 2.44. The van der Waals surface area contributed by atoms with Crippen molar-refractivity contribution in [2.24, 2.45) is 0 Å². The van der Waals surface area contributed by atoms with E-state index in [0.717, 1.165) is 24.1 Å². The summed E-state index contributed by atoms with van der Waals surface area (Å²) in [6, 6.07) is 11.2. The predicted octanol–water partition coefficient (Wildman–Crippen LogP) is 4.17. The number of hydrogen-bond acceptors (Lipinski definition) is 2. The first kappa shape index (κ1) is 14.1. The number of para-hydroxylation sites is 1. The van der Waals surface area contributed by atoms with Gasteiger partial charge >= 0.3 is 0 Å². The second kappa shape index (κ2) is 4.88. The van der Waals surface area contributed by atoms with E-state index in [2.05, 4.69) is 34.7 Å². The van der Waals surface area contributed by atoms with E-state index in [4.69, 9.17) is 0 Å². The molecule has 1 atom stereocenters. The van der Waals surface area contributed by atoms with Crippen LogP contribution in [0.1, 0.15) is 65.2 Å². The van der Waals surface area contributed by atoms with Crippen LogP contribution in [0.2, 0.25) is 0 Å². The van der Waals surface area contributed by atoms with Crippen LogP contribution in [-0.2, 0) is 0 Å². The van der Waals surface area contributed by atoms with E-state index >= 15 is 0 Å². The zero-order valence-electron chi connectivity index (χ0n) is 14.2. The van der Waals surface area contributed by atoms with Gasteiger partial charge in [0.2, 0.25) is 0 Å². The summed E-state index contributed by atoms with van der Waals surface area (Å²) in [7, 11) is 0. The molecule has 124 valence electrons. The molecule has 2 heterocycles. The first-order chi connectivity index (χ1) is 11.6. The van der Waals surface area contributed by atoms with E-state index in [-0.39, 0.29) is 12.1 Å². The van der Waals surface area contributed by atoms with E-state index in [1.807, 2.05) is 24.3 Å². The van der Waals surface area contributed by atoms with E-state index in [1.165, 1.54) is 29.8 Å². The third-order valence-corrected chi connectivity index (χ3v) is 5.63. The summed E-state index contributed by atoms with van der Waals surface area (Å²) in [5, 5.41) is 3.65. The number of hydrogen-bond donors (Lipinski definition) is 1. The molecular weight excluding hydrogens is 298 g/mol. The van der Waals surface area contributed by atoms with Gasteiger partial charge in [0, 0.05) is 34.7 Å². The average Bonchev–Trinajstić information content (AvgIpc) is 3.47. The number of aromatic nitrogens is 1. The van der Waals surface area contributed by atoms with Gasteiger partial charge in [-0.05, 0) is 57.7 Å². The summed E-state index contributed by atoms with van der Waals surface area (Å²) in [4.78, 5) is 15.2. The van der Waals surface area contributed by atoms with Crippen molar-refractivity contribution in [1.29, 1.82) is 0 Å². The largest absolute Gasteiger partial charge is 0.361 e. The van der Waals surface area contributed by atoms with Crippen LogP contribution in [0.4, 0.5) is 5.69 Å². The predicted molar refractivity (Wildman–Crippen MR) is 94.2 cm³/mol. The molecule has 24 heavy (non-hydrogen) atoms. The molecule has 0 bridgehead atoms. The third-order valence-electron chi connectivity index (χ3n) is 5.63. The number of anilines is 1. The molecule has 1 aliphatic heterocycles. The number of nitrogens with one attached hydrogen (secondary N) is 1. The number of rotatable bonds is 3. The number of fused-ring (bicyclic) bond motifs is 1. The van der Waals surface area contributed by atoms with Gasteiger partial charge in [0.1, 0.15) is 6.17 Å². The van der Waals surface area contributed by atoms with Crippen molar-refractivity contribution in [3.05, 3.63) is 52.8 Å². The summed E-state index contributed by atoms with van der Waals surface area (Å²) in [6.07, 6.45) is 4.75. The normalized spacial score (nSPS) is 23.2. The maximum absolute atomic E-state index is 13.1. The Morgan fingerprint density at radius 1 is 1.04 bits per heavy atom. The number of nitrogens with zero attached hydrogens (tertiary/aromatic N) is 2. The Hall–Kier alpha value is -2.23. The maximum Gasteiger partial charge on any atom is 0.258 e. The van der Waals surface area contributed by atoms with Crippen LogP contribution in [0, 0.1) is 13.8 Å². The highest BCUT2D eigenvalue weighted by Gasteiger charge is 2.43. The van der Waals surface area contributed by atoms with Gasteiger partial charge in [-0.1, -0.05) is 12.1 Å². The molecule has 0 unspecified atom stereocenters. The molecule has 0 spiro atoms. The summed E-state index contributed by atoms with van der Waals surface area (Å²) in [5.74, 6) is 0.174. The molecule has 1 aromatic carbocycles. The zero-order chi connectivity index (χ0) is 16.4.